The number of unbranched alkanes of at least 4 members (excludes halogenated alkanes) is 2. The van der Waals surface area contributed by atoms with Crippen molar-refractivity contribution in [2.75, 3.05) is 12.3 Å². The van der Waals surface area contributed by atoms with Crippen LogP contribution in [0.4, 0.5) is 0 Å². The maximum absolute atomic E-state index is 12.4. The molecule has 23 heavy (non-hydrogen) atoms. The molecule has 6 nitrogen and oxygen atoms in total. The number of fused-ring (bicyclic) bond motifs is 2. The zero-order valence-electron chi connectivity index (χ0n) is 13.9. The summed E-state index contributed by atoms with van der Waals surface area (Å²) in [5, 5.41) is 8.55. The van der Waals surface area contributed by atoms with Gasteiger partial charge in [0.15, 0.2) is 0 Å². The third kappa shape index (κ3) is 3.60. The van der Waals surface area contributed by atoms with Crippen molar-refractivity contribution in [3.8, 4) is 0 Å². The maximum atomic E-state index is 12.4. The van der Waals surface area contributed by atoms with Crippen molar-refractivity contribution in [2.24, 2.45) is 16.7 Å². The van der Waals surface area contributed by atoms with Crippen LogP contribution in [0, 0.1) is 16.7 Å². The van der Waals surface area contributed by atoms with Crippen LogP contribution in [0.2, 0.25) is 0 Å². The van der Waals surface area contributed by atoms with Gasteiger partial charge in [0.2, 0.25) is 10.0 Å². The first-order chi connectivity index (χ1) is 10.6. The summed E-state index contributed by atoms with van der Waals surface area (Å²) in [6, 6.07) is 0. The zero-order valence-corrected chi connectivity index (χ0v) is 14.7. The second-order valence-corrected chi connectivity index (χ2v) is 9.33. The summed E-state index contributed by atoms with van der Waals surface area (Å²) >= 11 is 0. The zero-order chi connectivity index (χ0) is 17.3. The second kappa shape index (κ2) is 6.51. The van der Waals surface area contributed by atoms with Crippen LogP contribution in [-0.4, -0.2) is 37.6 Å². The van der Waals surface area contributed by atoms with E-state index in [4.69, 9.17) is 5.11 Å². The molecule has 2 rings (SSSR count). The van der Waals surface area contributed by atoms with Gasteiger partial charge in [0, 0.05) is 24.8 Å². The van der Waals surface area contributed by atoms with Crippen molar-refractivity contribution in [1.82, 2.24) is 4.72 Å². The van der Waals surface area contributed by atoms with Gasteiger partial charge in [-0.25, -0.2) is 13.1 Å². The summed E-state index contributed by atoms with van der Waals surface area (Å²) in [5.74, 6) is -0.536. The quantitative estimate of drug-likeness (QED) is 0.622. The lowest BCUT2D eigenvalue weighted by molar-refractivity contribution is -0.137. The Morgan fingerprint density at radius 3 is 2.52 bits per heavy atom. The molecule has 2 bridgehead atoms. The molecular formula is C16H27NO5S. The SMILES string of the molecule is CC1(C)[C@H]2CC[C@]1(CS(=O)(=O)NCCCCCC(=O)O)C(=O)C2. The molecule has 2 aliphatic rings. The Bertz CT molecular complexity index is 583. The van der Waals surface area contributed by atoms with E-state index in [9.17, 15) is 18.0 Å². The van der Waals surface area contributed by atoms with Gasteiger partial charge >= 0.3 is 5.97 Å². The Morgan fingerprint density at radius 2 is 2.00 bits per heavy atom. The van der Waals surface area contributed by atoms with Gasteiger partial charge in [-0.1, -0.05) is 20.3 Å². The lowest BCUT2D eigenvalue weighted by Gasteiger charge is -2.36. The Hall–Kier alpha value is -0.950. The first-order valence-electron chi connectivity index (χ1n) is 8.33. The number of nitrogens with one attached hydrogen (secondary N) is 1. The van der Waals surface area contributed by atoms with Gasteiger partial charge in [0.05, 0.1) is 5.75 Å². The minimum Gasteiger partial charge on any atom is -0.481 e. The van der Waals surface area contributed by atoms with E-state index in [0.717, 1.165) is 6.42 Å². The molecule has 0 unspecified atom stereocenters. The van der Waals surface area contributed by atoms with Gasteiger partial charge in [-0.05, 0) is 37.0 Å². The molecule has 0 radical (unpaired) electrons. The van der Waals surface area contributed by atoms with E-state index in [-0.39, 0.29) is 23.4 Å². The smallest absolute Gasteiger partial charge is 0.303 e. The molecule has 132 valence electrons. The summed E-state index contributed by atoms with van der Waals surface area (Å²) in [6.07, 6.45) is 4.06. The molecule has 0 amide bonds. The number of sulfonamides is 1. The molecule has 7 heteroatoms. The van der Waals surface area contributed by atoms with Gasteiger partial charge < -0.3 is 5.11 Å². The lowest BCUT2D eigenvalue weighted by atomic mass is 9.70. The maximum Gasteiger partial charge on any atom is 0.303 e. The van der Waals surface area contributed by atoms with Crippen molar-refractivity contribution >= 4 is 21.8 Å². The summed E-state index contributed by atoms with van der Waals surface area (Å²) in [7, 11) is -3.50. The van der Waals surface area contributed by atoms with Crippen LogP contribution in [0.5, 0.6) is 0 Å². The molecule has 2 atom stereocenters. The summed E-state index contributed by atoms with van der Waals surface area (Å²) in [5.41, 5.74) is -0.979. The number of rotatable bonds is 9. The van der Waals surface area contributed by atoms with E-state index in [1.807, 2.05) is 13.8 Å². The standard InChI is InChI=1S/C16H27NO5S/c1-15(2)12-7-8-16(15,13(18)10-12)11-23(21,22)17-9-5-3-4-6-14(19)20/h12,17H,3-11H2,1-2H3,(H,19,20)/t12-,16-/m0/s1. The number of carbonyl (C=O) groups is 2. The molecule has 0 spiro atoms. The first kappa shape index (κ1) is 18.4. The van der Waals surface area contributed by atoms with E-state index in [0.29, 0.717) is 44.6 Å². The van der Waals surface area contributed by atoms with Crippen molar-refractivity contribution in [1.29, 1.82) is 0 Å². The number of carboxylic acids is 1. The number of ketones is 1. The molecule has 2 aliphatic carbocycles. The third-order valence-electron chi connectivity index (χ3n) is 5.96. The summed E-state index contributed by atoms with van der Waals surface area (Å²) in [6.45, 7) is 4.35. The van der Waals surface area contributed by atoms with Crippen LogP contribution in [0.1, 0.15) is 58.8 Å². The fourth-order valence-corrected chi connectivity index (χ4v) is 6.17. The molecule has 0 aliphatic heterocycles. The first-order valence-corrected chi connectivity index (χ1v) is 9.98. The Balaban J connectivity index is 1.86. The highest BCUT2D eigenvalue weighted by Crippen LogP contribution is 2.64. The largest absolute Gasteiger partial charge is 0.481 e. The summed E-state index contributed by atoms with van der Waals surface area (Å²) in [4.78, 5) is 22.8. The number of carboxylic acid groups (broad SMARTS) is 1. The molecule has 0 aromatic carbocycles. The van der Waals surface area contributed by atoms with Crippen LogP contribution in [-0.2, 0) is 19.6 Å². The molecule has 0 aromatic heterocycles. The molecule has 2 fully saturated rings. The van der Waals surface area contributed by atoms with Crippen molar-refractivity contribution in [3.63, 3.8) is 0 Å². The van der Waals surface area contributed by atoms with Gasteiger partial charge in [-0.15, -0.1) is 0 Å². The highest BCUT2D eigenvalue weighted by molar-refractivity contribution is 7.89. The van der Waals surface area contributed by atoms with E-state index < -0.39 is 21.4 Å². The van der Waals surface area contributed by atoms with Gasteiger partial charge in [0.25, 0.3) is 0 Å². The predicted octanol–water partition coefficient (Wildman–Crippen LogP) is 1.95. The highest BCUT2D eigenvalue weighted by atomic mass is 32.2. The van der Waals surface area contributed by atoms with Gasteiger partial charge in [-0.2, -0.15) is 0 Å². The van der Waals surface area contributed by atoms with E-state index >= 15 is 0 Å². The topological polar surface area (TPSA) is 101 Å². The fraction of sp³-hybridized carbons (Fsp3) is 0.875. The van der Waals surface area contributed by atoms with Gasteiger partial charge in [0.1, 0.15) is 5.78 Å². The van der Waals surface area contributed by atoms with Gasteiger partial charge in [-0.3, -0.25) is 9.59 Å². The van der Waals surface area contributed by atoms with Crippen LogP contribution in [0.25, 0.3) is 0 Å². The third-order valence-corrected chi connectivity index (χ3v) is 7.48. The fourth-order valence-electron chi connectivity index (χ4n) is 4.29. The lowest BCUT2D eigenvalue weighted by Crippen LogP contribution is -2.45. The molecular weight excluding hydrogens is 318 g/mol. The Labute approximate surface area is 138 Å². The summed E-state index contributed by atoms with van der Waals surface area (Å²) < 4.78 is 27.4. The van der Waals surface area contributed by atoms with Crippen LogP contribution >= 0.6 is 0 Å². The molecule has 2 saturated carbocycles. The monoisotopic (exact) mass is 345 g/mol. The van der Waals surface area contributed by atoms with E-state index in [1.165, 1.54) is 0 Å². The Morgan fingerprint density at radius 1 is 1.30 bits per heavy atom. The van der Waals surface area contributed by atoms with Crippen LogP contribution in [0.3, 0.4) is 0 Å². The minimum atomic E-state index is -3.50. The minimum absolute atomic E-state index is 0.102. The average molecular weight is 345 g/mol. The predicted molar refractivity (Wildman–Crippen MR) is 86.5 cm³/mol. The van der Waals surface area contributed by atoms with E-state index in [2.05, 4.69) is 4.72 Å². The number of carbonyl (C=O) groups excluding carboxylic acids is 1. The van der Waals surface area contributed by atoms with E-state index in [1.54, 1.807) is 0 Å². The Kier molecular flexibility index (Phi) is 5.21. The highest BCUT2D eigenvalue weighted by Gasteiger charge is 2.65. The molecule has 0 saturated heterocycles. The van der Waals surface area contributed by atoms with Crippen molar-refractivity contribution in [3.05, 3.63) is 0 Å². The van der Waals surface area contributed by atoms with Crippen LogP contribution in [0.15, 0.2) is 0 Å². The number of hydrogen-bond acceptors (Lipinski definition) is 4. The second-order valence-electron chi connectivity index (χ2n) is 7.52. The molecule has 2 N–H and O–H groups in total. The van der Waals surface area contributed by atoms with Crippen molar-refractivity contribution in [2.45, 2.75) is 58.8 Å². The average Bonchev–Trinajstić information content (AvgIpc) is 2.76. The molecule has 0 aromatic rings. The van der Waals surface area contributed by atoms with Crippen molar-refractivity contribution < 1.29 is 23.1 Å². The van der Waals surface area contributed by atoms with Crippen LogP contribution < -0.4 is 4.72 Å². The molecule has 0 heterocycles. The number of hydrogen-bond donors (Lipinski definition) is 2. The number of aliphatic carboxylic acids is 1. The number of Topliss-reactive ketones (excluding diaryl/α,β-unsaturated/α-hetero) is 1. The normalized spacial score (nSPS) is 29.1.